The summed E-state index contributed by atoms with van der Waals surface area (Å²) in [6.07, 6.45) is 3.96. The van der Waals surface area contributed by atoms with Crippen molar-refractivity contribution < 1.29 is 16.8 Å². The summed E-state index contributed by atoms with van der Waals surface area (Å²) in [6, 6.07) is 4.89. The van der Waals surface area contributed by atoms with Gasteiger partial charge < -0.3 is 5.32 Å². The van der Waals surface area contributed by atoms with Crippen LogP contribution < -0.4 is 5.32 Å². The molecule has 136 valence electrons. The Morgan fingerprint density at radius 2 is 1.75 bits per heavy atom. The number of benzene rings is 1. The number of sulfonamides is 1. The molecule has 0 amide bonds. The fraction of sp³-hybridized carbons (Fsp3) is 0.600. The number of hydrogen-bond donors (Lipinski definition) is 1. The first kappa shape index (κ1) is 19.7. The van der Waals surface area contributed by atoms with Crippen molar-refractivity contribution >= 4 is 32.3 Å². The van der Waals surface area contributed by atoms with Crippen molar-refractivity contribution in [2.24, 2.45) is 0 Å². The molecule has 1 N–H and O–H groups in total. The van der Waals surface area contributed by atoms with Crippen molar-refractivity contribution in [3.05, 3.63) is 23.8 Å². The molecule has 0 aromatic heterocycles. The van der Waals surface area contributed by atoms with Crippen molar-refractivity contribution in [3.8, 4) is 0 Å². The zero-order valence-electron chi connectivity index (χ0n) is 13.7. The smallest absolute Gasteiger partial charge is 0.243 e. The van der Waals surface area contributed by atoms with E-state index in [4.69, 9.17) is 0 Å². The minimum Gasteiger partial charge on any atom is -0.310 e. The van der Waals surface area contributed by atoms with Gasteiger partial charge in [0.25, 0.3) is 0 Å². The van der Waals surface area contributed by atoms with Gasteiger partial charge in [-0.25, -0.2) is 16.8 Å². The predicted molar refractivity (Wildman–Crippen MR) is 94.9 cm³/mol. The third kappa shape index (κ3) is 3.77. The monoisotopic (exact) mass is 394 g/mol. The Kier molecular flexibility index (Phi) is 5.66. The number of fused-ring (bicyclic) bond motifs is 2. The number of nitrogens with one attached hydrogen (secondary N) is 1. The number of hydrogen-bond acceptors (Lipinski definition) is 5. The summed E-state index contributed by atoms with van der Waals surface area (Å²) in [5.41, 5.74) is 0.569. The van der Waals surface area contributed by atoms with Gasteiger partial charge in [0, 0.05) is 31.4 Å². The van der Waals surface area contributed by atoms with E-state index in [1.54, 1.807) is 13.0 Å². The van der Waals surface area contributed by atoms with Gasteiger partial charge >= 0.3 is 0 Å². The average Bonchev–Trinajstić information content (AvgIpc) is 2.76. The van der Waals surface area contributed by atoms with Gasteiger partial charge in [-0.2, -0.15) is 4.31 Å². The first-order valence-corrected chi connectivity index (χ1v) is 11.1. The fourth-order valence-corrected chi connectivity index (χ4v) is 5.83. The van der Waals surface area contributed by atoms with E-state index in [1.807, 2.05) is 0 Å². The second-order valence-corrected chi connectivity index (χ2v) is 10.4. The number of nitrogens with zero attached hydrogens (tertiary/aromatic N) is 1. The molecule has 0 aliphatic carbocycles. The van der Waals surface area contributed by atoms with E-state index in [1.165, 1.54) is 16.4 Å². The summed E-state index contributed by atoms with van der Waals surface area (Å²) in [5, 5.41) is 3.45. The molecule has 2 aliphatic heterocycles. The molecule has 9 heteroatoms. The first-order valence-electron chi connectivity index (χ1n) is 7.75. The molecule has 6 nitrogen and oxygen atoms in total. The minimum absolute atomic E-state index is 0. The lowest BCUT2D eigenvalue weighted by atomic mass is 10.1. The van der Waals surface area contributed by atoms with Gasteiger partial charge in [0.15, 0.2) is 9.84 Å². The minimum atomic E-state index is -3.69. The quantitative estimate of drug-likeness (QED) is 0.836. The van der Waals surface area contributed by atoms with Gasteiger partial charge in [-0.05, 0) is 43.9 Å². The number of sulfone groups is 1. The number of rotatable bonds is 3. The van der Waals surface area contributed by atoms with Gasteiger partial charge in [-0.1, -0.05) is 6.07 Å². The molecule has 2 bridgehead atoms. The summed E-state index contributed by atoms with van der Waals surface area (Å²) in [5.74, 6) is 0. The van der Waals surface area contributed by atoms with Gasteiger partial charge in [-0.15, -0.1) is 12.4 Å². The first-order chi connectivity index (χ1) is 10.7. The molecule has 2 heterocycles. The van der Waals surface area contributed by atoms with Crippen LogP contribution >= 0.6 is 12.4 Å². The van der Waals surface area contributed by atoms with Crippen LogP contribution in [0, 0.1) is 6.92 Å². The summed E-state index contributed by atoms with van der Waals surface area (Å²) >= 11 is 0. The van der Waals surface area contributed by atoms with E-state index in [2.05, 4.69) is 5.32 Å². The van der Waals surface area contributed by atoms with Crippen molar-refractivity contribution in [1.82, 2.24) is 9.62 Å². The molecule has 1 aromatic rings. The Morgan fingerprint density at radius 1 is 1.08 bits per heavy atom. The molecule has 0 spiro atoms. The molecule has 2 aliphatic rings. The zero-order valence-corrected chi connectivity index (χ0v) is 16.2. The van der Waals surface area contributed by atoms with Crippen LogP contribution in [0.1, 0.15) is 24.8 Å². The third-order valence-electron chi connectivity index (χ3n) is 4.69. The SMILES string of the molecule is Cc1ccc(S(C)(=O)=O)cc1S(=O)(=O)N1CCC2CCC(C1)N2.Cl. The molecule has 2 saturated heterocycles. The number of aryl methyl sites for hydroxylation is 1. The highest BCUT2D eigenvalue weighted by molar-refractivity contribution is 7.91. The summed E-state index contributed by atoms with van der Waals surface area (Å²) in [6.45, 7) is 2.61. The highest BCUT2D eigenvalue weighted by atomic mass is 35.5. The van der Waals surface area contributed by atoms with E-state index < -0.39 is 19.9 Å². The van der Waals surface area contributed by atoms with Gasteiger partial charge in [0.2, 0.25) is 10.0 Å². The fourth-order valence-electron chi connectivity index (χ4n) is 3.36. The Labute approximate surface area is 150 Å². The van der Waals surface area contributed by atoms with Crippen LogP contribution in [0.15, 0.2) is 28.0 Å². The van der Waals surface area contributed by atoms with Crippen LogP contribution in [-0.4, -0.2) is 52.6 Å². The maximum absolute atomic E-state index is 13.0. The molecule has 3 rings (SSSR count). The molecular weight excluding hydrogens is 372 g/mol. The van der Waals surface area contributed by atoms with Crippen LogP contribution in [0.25, 0.3) is 0 Å². The lowest BCUT2D eigenvalue weighted by Crippen LogP contribution is -2.39. The topological polar surface area (TPSA) is 83.5 Å². The molecule has 2 fully saturated rings. The van der Waals surface area contributed by atoms with Crippen LogP contribution in [0.3, 0.4) is 0 Å². The van der Waals surface area contributed by atoms with Crippen LogP contribution in [0.5, 0.6) is 0 Å². The molecule has 2 atom stereocenters. The second kappa shape index (κ2) is 6.92. The van der Waals surface area contributed by atoms with Crippen LogP contribution in [0.4, 0.5) is 0 Å². The van der Waals surface area contributed by atoms with Crippen molar-refractivity contribution in [3.63, 3.8) is 0 Å². The summed E-state index contributed by atoms with van der Waals surface area (Å²) in [4.78, 5) is 0.134. The maximum atomic E-state index is 13.0. The Morgan fingerprint density at radius 3 is 2.42 bits per heavy atom. The molecule has 0 saturated carbocycles. The Balaban J connectivity index is 0.00000208. The average molecular weight is 395 g/mol. The van der Waals surface area contributed by atoms with Gasteiger partial charge in [-0.3, -0.25) is 0 Å². The largest absolute Gasteiger partial charge is 0.310 e. The van der Waals surface area contributed by atoms with Crippen LogP contribution in [-0.2, 0) is 19.9 Å². The Bertz CT molecular complexity index is 824. The highest BCUT2D eigenvalue weighted by Crippen LogP contribution is 2.28. The van der Waals surface area contributed by atoms with Gasteiger partial charge in [0.1, 0.15) is 0 Å². The van der Waals surface area contributed by atoms with Crippen molar-refractivity contribution in [2.75, 3.05) is 19.3 Å². The predicted octanol–water partition coefficient (Wildman–Crippen LogP) is 1.34. The standard InChI is InChI=1S/C15H22N2O4S2.ClH/c1-11-3-6-14(22(2,18)19)9-15(11)23(20,21)17-8-7-12-4-5-13(10-17)16-12;/h3,6,9,12-13,16H,4-5,7-8,10H2,1-2H3;1H. The van der Waals surface area contributed by atoms with E-state index in [0.717, 1.165) is 25.5 Å². The summed E-state index contributed by atoms with van der Waals surface area (Å²) < 4.78 is 51.0. The van der Waals surface area contributed by atoms with Crippen molar-refractivity contribution in [1.29, 1.82) is 0 Å². The maximum Gasteiger partial charge on any atom is 0.243 e. The lowest BCUT2D eigenvalue weighted by Gasteiger charge is -2.24. The Hall–Kier alpha value is -0.670. The molecule has 2 unspecified atom stereocenters. The van der Waals surface area contributed by atoms with E-state index >= 15 is 0 Å². The molecule has 0 radical (unpaired) electrons. The summed E-state index contributed by atoms with van der Waals surface area (Å²) in [7, 11) is -7.14. The molecular formula is C15H23ClN2O4S2. The van der Waals surface area contributed by atoms with Crippen LogP contribution in [0.2, 0.25) is 0 Å². The van der Waals surface area contributed by atoms with E-state index in [-0.39, 0.29) is 28.2 Å². The lowest BCUT2D eigenvalue weighted by molar-refractivity contribution is 0.383. The second-order valence-electron chi connectivity index (χ2n) is 6.49. The molecule has 1 aromatic carbocycles. The van der Waals surface area contributed by atoms with E-state index in [0.29, 0.717) is 24.7 Å². The van der Waals surface area contributed by atoms with Crippen molar-refractivity contribution in [2.45, 2.75) is 48.1 Å². The zero-order chi connectivity index (χ0) is 16.8. The van der Waals surface area contributed by atoms with E-state index in [9.17, 15) is 16.8 Å². The third-order valence-corrected chi connectivity index (χ3v) is 7.81. The normalized spacial score (nSPS) is 25.1. The number of halogens is 1. The molecule has 24 heavy (non-hydrogen) atoms. The van der Waals surface area contributed by atoms with Gasteiger partial charge in [0.05, 0.1) is 9.79 Å². The highest BCUT2D eigenvalue weighted by Gasteiger charge is 2.35.